The highest BCUT2D eigenvalue weighted by atomic mass is 32.2. The third-order valence-corrected chi connectivity index (χ3v) is 4.37. The number of nitrogens with zero attached hydrogens (tertiary/aromatic N) is 1. The Labute approximate surface area is 119 Å². The van der Waals surface area contributed by atoms with Crippen LogP contribution in [0.5, 0.6) is 0 Å². The van der Waals surface area contributed by atoms with Gasteiger partial charge in [-0.2, -0.15) is 0 Å². The second-order valence-corrected chi connectivity index (χ2v) is 6.03. The minimum absolute atomic E-state index is 0.188. The lowest BCUT2D eigenvalue weighted by atomic mass is 10.2. The molecule has 0 amide bonds. The maximum Gasteiger partial charge on any atom is 0.149 e. The van der Waals surface area contributed by atoms with E-state index < -0.39 is 0 Å². The van der Waals surface area contributed by atoms with Gasteiger partial charge in [0.2, 0.25) is 0 Å². The number of carbonyl (C=O) groups is 1. The first-order chi connectivity index (χ1) is 9.06. The van der Waals surface area contributed by atoms with Crippen LogP contribution in [0.4, 0.5) is 0 Å². The highest BCUT2D eigenvalue weighted by Gasteiger charge is 2.19. The Morgan fingerprint density at radius 3 is 2.74 bits per heavy atom. The number of allylic oxidation sites excluding steroid dienone is 2. The maximum absolute atomic E-state index is 11.4. The van der Waals surface area contributed by atoms with E-state index in [2.05, 4.69) is 55.2 Å². The molecule has 0 fully saturated rings. The van der Waals surface area contributed by atoms with Crippen LogP contribution in [0.15, 0.2) is 53.1 Å². The van der Waals surface area contributed by atoms with Crippen molar-refractivity contribution in [2.45, 2.75) is 31.0 Å². The van der Waals surface area contributed by atoms with Gasteiger partial charge in [-0.25, -0.2) is 0 Å². The molecule has 0 bridgehead atoms. The van der Waals surface area contributed by atoms with E-state index in [-0.39, 0.29) is 11.2 Å². The fourth-order valence-corrected chi connectivity index (χ4v) is 3.23. The summed E-state index contributed by atoms with van der Waals surface area (Å²) in [6, 6.07) is 8.36. The Morgan fingerprint density at radius 2 is 2.05 bits per heavy atom. The maximum atomic E-state index is 11.4. The number of carbonyl (C=O) groups excluding carboxylic acids is 1. The molecule has 0 aromatic heterocycles. The van der Waals surface area contributed by atoms with E-state index in [1.807, 2.05) is 6.20 Å². The third-order valence-electron chi connectivity index (χ3n) is 3.01. The van der Waals surface area contributed by atoms with E-state index in [4.69, 9.17) is 0 Å². The first-order valence-electron chi connectivity index (χ1n) is 6.40. The number of rotatable bonds is 4. The molecular weight excluding hydrogens is 254 g/mol. The van der Waals surface area contributed by atoms with Crippen LogP contribution in [-0.2, 0) is 4.79 Å². The van der Waals surface area contributed by atoms with Gasteiger partial charge in [0, 0.05) is 11.1 Å². The summed E-state index contributed by atoms with van der Waals surface area (Å²) in [5.41, 5.74) is 2.52. The normalized spacial score (nSPS) is 18.4. The van der Waals surface area contributed by atoms with Crippen molar-refractivity contribution in [3.8, 4) is 0 Å². The molecule has 0 spiro atoms. The second-order valence-electron chi connectivity index (χ2n) is 4.87. The molecule has 1 aromatic carbocycles. The van der Waals surface area contributed by atoms with Crippen LogP contribution < -0.4 is 0 Å². The fraction of sp³-hybridized carbons (Fsp3) is 0.312. The smallest absolute Gasteiger partial charge is 0.149 e. The van der Waals surface area contributed by atoms with Crippen molar-refractivity contribution in [2.75, 3.05) is 6.54 Å². The minimum atomic E-state index is 0.188. The molecule has 0 radical (unpaired) electrons. The van der Waals surface area contributed by atoms with E-state index in [0.29, 0.717) is 6.54 Å². The lowest BCUT2D eigenvalue weighted by Gasteiger charge is -2.30. The molecule has 1 aliphatic heterocycles. The highest BCUT2D eigenvalue weighted by molar-refractivity contribution is 8.00. The summed E-state index contributed by atoms with van der Waals surface area (Å²) in [6.45, 7) is 6.30. The molecule has 1 unspecified atom stereocenters. The van der Waals surface area contributed by atoms with Gasteiger partial charge in [0.15, 0.2) is 0 Å². The average molecular weight is 273 g/mol. The van der Waals surface area contributed by atoms with Gasteiger partial charge in [0.05, 0.1) is 11.9 Å². The topological polar surface area (TPSA) is 20.3 Å². The van der Waals surface area contributed by atoms with Crippen molar-refractivity contribution in [3.05, 3.63) is 53.8 Å². The average Bonchev–Trinajstić information content (AvgIpc) is 2.35. The number of aryl methyl sites for hydroxylation is 1. The van der Waals surface area contributed by atoms with Crippen molar-refractivity contribution in [3.63, 3.8) is 0 Å². The van der Waals surface area contributed by atoms with Crippen LogP contribution in [-0.4, -0.2) is 22.6 Å². The predicted molar refractivity (Wildman–Crippen MR) is 81.1 cm³/mol. The number of Topliss-reactive ketones (excluding diaryl/α,β-unsaturated/α-hetero) is 1. The summed E-state index contributed by atoms with van der Waals surface area (Å²) in [5.74, 6) is 0.188. The van der Waals surface area contributed by atoms with Crippen LogP contribution in [0.25, 0.3) is 0 Å². The zero-order chi connectivity index (χ0) is 13.8. The SMILES string of the molecule is CC(=O)CN1C=CC(C)=CC1Sc1ccccc1C. The van der Waals surface area contributed by atoms with Crippen molar-refractivity contribution in [2.24, 2.45) is 0 Å². The number of ketones is 1. The van der Waals surface area contributed by atoms with Crippen LogP contribution in [0, 0.1) is 6.92 Å². The lowest BCUT2D eigenvalue weighted by molar-refractivity contribution is -0.117. The first kappa shape index (κ1) is 13.9. The Kier molecular flexibility index (Phi) is 4.48. The van der Waals surface area contributed by atoms with Crippen LogP contribution >= 0.6 is 11.8 Å². The molecule has 0 saturated carbocycles. The Hall–Kier alpha value is -1.48. The Balaban J connectivity index is 2.18. The fourth-order valence-electron chi connectivity index (χ4n) is 1.99. The van der Waals surface area contributed by atoms with Crippen LogP contribution in [0.3, 0.4) is 0 Å². The summed E-state index contributed by atoms with van der Waals surface area (Å²) >= 11 is 1.79. The number of benzene rings is 1. The van der Waals surface area contributed by atoms with E-state index >= 15 is 0 Å². The molecule has 0 aliphatic carbocycles. The zero-order valence-corrected chi connectivity index (χ0v) is 12.4. The van der Waals surface area contributed by atoms with Gasteiger partial charge >= 0.3 is 0 Å². The molecule has 3 heteroatoms. The first-order valence-corrected chi connectivity index (χ1v) is 7.28. The van der Waals surface area contributed by atoms with Gasteiger partial charge in [0.25, 0.3) is 0 Å². The Morgan fingerprint density at radius 1 is 1.32 bits per heavy atom. The van der Waals surface area contributed by atoms with Gasteiger partial charge in [-0.3, -0.25) is 4.79 Å². The van der Waals surface area contributed by atoms with Crippen LogP contribution in [0.1, 0.15) is 19.4 Å². The van der Waals surface area contributed by atoms with Crippen molar-refractivity contribution in [1.82, 2.24) is 4.90 Å². The van der Waals surface area contributed by atoms with E-state index in [1.54, 1.807) is 18.7 Å². The molecule has 1 aliphatic rings. The summed E-state index contributed by atoms with van der Waals surface area (Å²) in [4.78, 5) is 14.7. The second kappa shape index (κ2) is 6.11. The zero-order valence-electron chi connectivity index (χ0n) is 11.6. The Bertz CT molecular complexity index is 533. The predicted octanol–water partition coefficient (Wildman–Crippen LogP) is 3.78. The number of hydrogen-bond donors (Lipinski definition) is 0. The molecule has 1 aromatic rings. The molecule has 100 valence electrons. The van der Waals surface area contributed by atoms with E-state index in [1.165, 1.54) is 16.0 Å². The summed E-state index contributed by atoms with van der Waals surface area (Å²) < 4.78 is 0. The molecule has 0 saturated heterocycles. The highest BCUT2D eigenvalue weighted by Crippen LogP contribution is 2.31. The molecule has 2 nitrogen and oxygen atoms in total. The monoisotopic (exact) mass is 273 g/mol. The summed E-state index contributed by atoms with van der Waals surface area (Å²) in [6.07, 6.45) is 6.28. The standard InChI is InChI=1S/C16H19NOS/c1-12-8-9-17(11-14(3)18)16(10-12)19-15-7-5-4-6-13(15)2/h4-10,16H,11H2,1-3H3. The number of thioether (sulfide) groups is 1. The third kappa shape index (κ3) is 3.74. The molecule has 1 atom stereocenters. The van der Waals surface area contributed by atoms with Crippen molar-refractivity contribution >= 4 is 17.5 Å². The van der Waals surface area contributed by atoms with Gasteiger partial charge in [-0.05, 0) is 44.6 Å². The van der Waals surface area contributed by atoms with Gasteiger partial charge in [-0.15, -0.1) is 0 Å². The van der Waals surface area contributed by atoms with Crippen molar-refractivity contribution < 1.29 is 4.79 Å². The molecule has 0 N–H and O–H groups in total. The molecular formula is C16H19NOS. The number of hydrogen-bond acceptors (Lipinski definition) is 3. The molecule has 2 rings (SSSR count). The lowest BCUT2D eigenvalue weighted by Crippen LogP contribution is -2.32. The largest absolute Gasteiger partial charge is 0.355 e. The van der Waals surface area contributed by atoms with E-state index in [9.17, 15) is 4.79 Å². The van der Waals surface area contributed by atoms with Gasteiger partial charge in [0.1, 0.15) is 5.78 Å². The van der Waals surface area contributed by atoms with E-state index in [0.717, 1.165) is 0 Å². The molecule has 1 heterocycles. The minimum Gasteiger partial charge on any atom is -0.355 e. The van der Waals surface area contributed by atoms with Gasteiger partial charge in [-0.1, -0.05) is 35.5 Å². The summed E-state index contributed by atoms with van der Waals surface area (Å²) in [5, 5.41) is 0.190. The van der Waals surface area contributed by atoms with Gasteiger partial charge < -0.3 is 4.90 Å². The quantitative estimate of drug-likeness (QED) is 0.832. The summed E-state index contributed by atoms with van der Waals surface area (Å²) in [7, 11) is 0. The van der Waals surface area contributed by atoms with Crippen LogP contribution in [0.2, 0.25) is 0 Å². The molecule has 19 heavy (non-hydrogen) atoms. The van der Waals surface area contributed by atoms with Crippen molar-refractivity contribution in [1.29, 1.82) is 0 Å².